The molecule has 0 aliphatic rings. The lowest BCUT2D eigenvalue weighted by Gasteiger charge is -2.43. The molecule has 2 aromatic carbocycles. The van der Waals surface area contributed by atoms with Crippen LogP contribution in [0.1, 0.15) is 90.6 Å². The van der Waals surface area contributed by atoms with Gasteiger partial charge in [-0.15, -0.1) is 0 Å². The van der Waals surface area contributed by atoms with Gasteiger partial charge in [0, 0.05) is 0 Å². The predicted molar refractivity (Wildman–Crippen MR) is 141 cm³/mol. The molecule has 0 aromatic heterocycles. The minimum atomic E-state index is -1.19. The van der Waals surface area contributed by atoms with Gasteiger partial charge in [-0.1, -0.05) is 103 Å². The molecule has 0 spiro atoms. The monoisotopic (exact) mass is 459 g/mol. The molecule has 0 aliphatic carbocycles. The molecule has 0 saturated carbocycles. The van der Waals surface area contributed by atoms with Crippen molar-refractivity contribution in [1.29, 1.82) is 0 Å². The van der Waals surface area contributed by atoms with E-state index in [1.165, 1.54) is 27.6 Å². The first-order valence-electron chi connectivity index (χ1n) is 11.2. The van der Waals surface area contributed by atoms with Gasteiger partial charge in [-0.05, 0) is 61.4 Å². The Labute approximate surface area is 195 Å². The lowest BCUT2D eigenvalue weighted by Crippen LogP contribution is -2.39. The van der Waals surface area contributed by atoms with Crippen LogP contribution in [-0.4, -0.2) is 19.3 Å². The summed E-state index contributed by atoms with van der Waals surface area (Å²) in [7, 11) is -1.68. The Hall–Kier alpha value is -1.02. The van der Waals surface area contributed by atoms with E-state index in [4.69, 9.17) is 0 Å². The number of rotatable bonds is 5. The minimum absolute atomic E-state index is 0.121. The number of benzene rings is 2. The molecule has 1 N–H and O–H groups in total. The molecule has 2 atom stereocenters. The Kier molecular flexibility index (Phi) is 8.00. The molecule has 0 fully saturated rings. The molecule has 2 rings (SSSR count). The average Bonchev–Trinajstić information content (AvgIpc) is 2.56. The van der Waals surface area contributed by atoms with Crippen LogP contribution >= 0.6 is 7.92 Å². The first kappa shape index (κ1) is 26.2. The zero-order valence-electron chi connectivity index (χ0n) is 21.4. The van der Waals surface area contributed by atoms with Crippen LogP contribution in [0.4, 0.5) is 0 Å². The second kappa shape index (κ2) is 9.46. The molecule has 4 heteroatoms. The Morgan fingerprint density at radius 3 is 1.74 bits per heavy atom. The highest BCUT2D eigenvalue weighted by Gasteiger charge is 2.38. The normalized spacial score (nSPS) is 15.2. The van der Waals surface area contributed by atoms with E-state index in [1.807, 2.05) is 20.8 Å². The maximum absolute atomic E-state index is 13.3. The zero-order chi connectivity index (χ0) is 23.8. The third kappa shape index (κ3) is 6.73. The van der Waals surface area contributed by atoms with Crippen LogP contribution in [0, 0.1) is 13.8 Å². The molecular formula is C27H42NOPS. The summed E-state index contributed by atoms with van der Waals surface area (Å²) in [5.41, 5.74) is 4.89. The third-order valence-corrected chi connectivity index (χ3v) is 10.3. The minimum Gasteiger partial charge on any atom is -0.242 e. The summed E-state index contributed by atoms with van der Waals surface area (Å²) in [4.78, 5) is 0. The van der Waals surface area contributed by atoms with E-state index in [9.17, 15) is 4.21 Å². The Balaban J connectivity index is 2.77. The molecule has 0 saturated heterocycles. The van der Waals surface area contributed by atoms with Crippen molar-refractivity contribution >= 4 is 24.2 Å². The smallest absolute Gasteiger partial charge is 0.0979 e. The van der Waals surface area contributed by atoms with Crippen molar-refractivity contribution in [1.82, 2.24) is 4.72 Å². The lowest BCUT2D eigenvalue weighted by molar-refractivity contribution is 0.623. The van der Waals surface area contributed by atoms with Crippen molar-refractivity contribution < 1.29 is 4.21 Å². The highest BCUT2D eigenvalue weighted by Crippen LogP contribution is 2.59. The van der Waals surface area contributed by atoms with Gasteiger partial charge < -0.3 is 0 Å². The van der Waals surface area contributed by atoms with Gasteiger partial charge in [-0.25, -0.2) is 8.93 Å². The van der Waals surface area contributed by atoms with E-state index in [-0.39, 0.29) is 21.1 Å². The maximum Gasteiger partial charge on any atom is 0.0979 e. The van der Waals surface area contributed by atoms with Crippen molar-refractivity contribution in [2.75, 3.05) is 0 Å². The molecule has 31 heavy (non-hydrogen) atoms. The number of hydrogen-bond donors (Lipinski definition) is 1. The SMILES string of the molecule is Cc1cc(C)cc([C@@H](NS(=O)C(C)(C)C)c2ccccc2P(C(C)(C)C)C(C)(C)C)c1. The molecule has 2 aromatic rings. The van der Waals surface area contributed by atoms with Crippen molar-refractivity contribution in [2.45, 2.75) is 97.3 Å². The number of aryl methyl sites for hydroxylation is 2. The second-order valence-corrected chi connectivity index (χ2v) is 17.4. The highest BCUT2D eigenvalue weighted by molar-refractivity contribution is 7.84. The van der Waals surface area contributed by atoms with Crippen LogP contribution < -0.4 is 10.0 Å². The molecule has 0 bridgehead atoms. The van der Waals surface area contributed by atoms with E-state index in [1.54, 1.807) is 0 Å². The maximum atomic E-state index is 13.3. The first-order valence-corrected chi connectivity index (χ1v) is 13.7. The molecule has 172 valence electrons. The predicted octanol–water partition coefficient (Wildman–Crippen LogP) is 7.15. The van der Waals surface area contributed by atoms with Gasteiger partial charge in [0.05, 0.1) is 21.8 Å². The summed E-state index contributed by atoms with van der Waals surface area (Å²) >= 11 is 0. The zero-order valence-corrected chi connectivity index (χ0v) is 23.1. The average molecular weight is 460 g/mol. The second-order valence-electron chi connectivity index (χ2n) is 11.6. The molecule has 2 nitrogen and oxygen atoms in total. The van der Waals surface area contributed by atoms with Gasteiger partial charge in [0.15, 0.2) is 0 Å². The lowest BCUT2D eigenvalue weighted by atomic mass is 9.96. The van der Waals surface area contributed by atoms with E-state index < -0.39 is 18.9 Å². The first-order chi connectivity index (χ1) is 14.0. The molecular weight excluding hydrogens is 417 g/mol. The molecule has 0 radical (unpaired) electrons. The Morgan fingerprint density at radius 2 is 1.29 bits per heavy atom. The van der Waals surface area contributed by atoms with Crippen molar-refractivity contribution in [3.05, 3.63) is 64.7 Å². The fraction of sp³-hybridized carbons (Fsp3) is 0.556. The highest BCUT2D eigenvalue weighted by atomic mass is 32.2. The summed E-state index contributed by atoms with van der Waals surface area (Å²) in [5, 5.41) is 1.71. The molecule has 1 unspecified atom stereocenters. The van der Waals surface area contributed by atoms with Gasteiger partial charge in [0.1, 0.15) is 0 Å². The third-order valence-electron chi connectivity index (χ3n) is 5.19. The topological polar surface area (TPSA) is 29.1 Å². The van der Waals surface area contributed by atoms with E-state index in [0.717, 1.165) is 0 Å². The standard InChI is InChI=1S/C27H42NOPS/c1-19-16-20(2)18-21(17-19)24(28-31(29)27(9,10)11)22-14-12-13-15-23(22)30(25(3,4)5)26(6,7)8/h12-18,24,28H,1-11H3/t24-,31?/m1/s1. The van der Waals surface area contributed by atoms with Crippen LogP contribution in [0.2, 0.25) is 0 Å². The van der Waals surface area contributed by atoms with Crippen LogP contribution in [0.5, 0.6) is 0 Å². The fourth-order valence-electron chi connectivity index (χ4n) is 4.44. The summed E-state index contributed by atoms with van der Waals surface area (Å²) in [6.45, 7) is 24.5. The van der Waals surface area contributed by atoms with Crippen molar-refractivity contribution in [3.8, 4) is 0 Å². The van der Waals surface area contributed by atoms with Gasteiger partial charge in [0.25, 0.3) is 0 Å². The van der Waals surface area contributed by atoms with Gasteiger partial charge in [0.2, 0.25) is 0 Å². The van der Waals surface area contributed by atoms with Crippen molar-refractivity contribution in [2.24, 2.45) is 0 Å². The molecule has 0 heterocycles. The van der Waals surface area contributed by atoms with Crippen LogP contribution in [0.25, 0.3) is 0 Å². The van der Waals surface area contributed by atoms with Crippen molar-refractivity contribution in [3.63, 3.8) is 0 Å². The molecule has 0 amide bonds. The quantitative estimate of drug-likeness (QED) is 0.473. The van der Waals surface area contributed by atoms with Crippen LogP contribution in [0.3, 0.4) is 0 Å². The largest absolute Gasteiger partial charge is 0.242 e. The van der Waals surface area contributed by atoms with Gasteiger partial charge in [-0.2, -0.15) is 0 Å². The Bertz CT molecular complexity index is 897. The van der Waals surface area contributed by atoms with E-state index in [0.29, 0.717) is 0 Å². The van der Waals surface area contributed by atoms with Gasteiger partial charge >= 0.3 is 0 Å². The summed E-state index contributed by atoms with van der Waals surface area (Å²) < 4.78 is 16.5. The fourth-order valence-corrected chi connectivity index (χ4v) is 9.42. The number of hydrogen-bond acceptors (Lipinski definition) is 1. The summed E-state index contributed by atoms with van der Waals surface area (Å²) in [6.07, 6.45) is 0. The Morgan fingerprint density at radius 1 is 0.806 bits per heavy atom. The van der Waals surface area contributed by atoms with Crippen LogP contribution in [0.15, 0.2) is 42.5 Å². The summed E-state index contributed by atoms with van der Waals surface area (Å²) in [6, 6.07) is 15.4. The number of nitrogens with one attached hydrogen (secondary N) is 1. The van der Waals surface area contributed by atoms with Gasteiger partial charge in [-0.3, -0.25) is 0 Å². The van der Waals surface area contributed by atoms with E-state index in [2.05, 4.69) is 103 Å². The van der Waals surface area contributed by atoms with E-state index >= 15 is 0 Å². The molecule has 0 aliphatic heterocycles. The van der Waals surface area contributed by atoms with Crippen LogP contribution in [-0.2, 0) is 11.0 Å². The summed E-state index contributed by atoms with van der Waals surface area (Å²) in [5.74, 6) is 0.